The number of benzene rings is 2. The summed E-state index contributed by atoms with van der Waals surface area (Å²) in [5.41, 5.74) is 2.26. The van der Waals surface area contributed by atoms with Crippen LogP contribution in [-0.4, -0.2) is 55.4 Å². The summed E-state index contributed by atoms with van der Waals surface area (Å²) in [7, 11) is 1.21. The topological polar surface area (TPSA) is 96.7 Å². The molecule has 1 saturated carbocycles. The first-order valence-corrected chi connectivity index (χ1v) is 18.2. The third kappa shape index (κ3) is 7.08. The van der Waals surface area contributed by atoms with Gasteiger partial charge in [0.05, 0.1) is 26.3 Å². The van der Waals surface area contributed by atoms with Crippen LogP contribution in [0.2, 0.25) is 18.1 Å². The number of anilines is 1. The van der Waals surface area contributed by atoms with Crippen molar-refractivity contribution in [2.75, 3.05) is 19.5 Å². The van der Waals surface area contributed by atoms with Gasteiger partial charge in [0.1, 0.15) is 22.6 Å². The second-order valence-electron chi connectivity index (χ2n) is 13.0. The first-order chi connectivity index (χ1) is 21.0. The lowest BCUT2D eigenvalue weighted by atomic mass is 9.93. The highest BCUT2D eigenvalue weighted by Gasteiger charge is 2.40. The van der Waals surface area contributed by atoms with Crippen LogP contribution >= 0.6 is 0 Å². The normalized spacial score (nSPS) is 17.3. The average molecular weight is 617 g/mol. The lowest BCUT2D eigenvalue weighted by molar-refractivity contribution is 0.0600. The molecular formula is C34H44N4O5Si. The number of carbonyl (C=O) groups is 1. The Morgan fingerprint density at radius 2 is 1.61 bits per heavy atom. The fourth-order valence-corrected chi connectivity index (χ4v) is 6.71. The van der Waals surface area contributed by atoms with Gasteiger partial charge < -0.3 is 24.0 Å². The highest BCUT2D eigenvalue weighted by atomic mass is 28.4. The van der Waals surface area contributed by atoms with E-state index in [0.29, 0.717) is 29.7 Å². The Bertz CT molecular complexity index is 1570. The molecule has 44 heavy (non-hydrogen) atoms. The van der Waals surface area contributed by atoms with Gasteiger partial charge in [-0.2, -0.15) is 5.10 Å². The van der Waals surface area contributed by atoms with Crippen LogP contribution in [0.5, 0.6) is 17.2 Å². The van der Waals surface area contributed by atoms with E-state index < -0.39 is 14.3 Å². The van der Waals surface area contributed by atoms with Gasteiger partial charge in [0, 0.05) is 24.4 Å². The van der Waals surface area contributed by atoms with Gasteiger partial charge in [0.15, 0.2) is 19.8 Å². The van der Waals surface area contributed by atoms with E-state index in [0.717, 1.165) is 53.8 Å². The molecule has 2 aromatic heterocycles. The highest BCUT2D eigenvalue weighted by Crippen LogP contribution is 2.40. The predicted octanol–water partition coefficient (Wildman–Crippen LogP) is 7.81. The zero-order valence-corrected chi connectivity index (χ0v) is 27.8. The number of methoxy groups -OCH3 is 2. The first-order valence-electron chi connectivity index (χ1n) is 15.3. The second kappa shape index (κ2) is 13.0. The summed E-state index contributed by atoms with van der Waals surface area (Å²) >= 11 is 0. The fraction of sp³-hybridized carbons (Fsp3) is 0.441. The van der Waals surface area contributed by atoms with Crippen molar-refractivity contribution >= 4 is 31.1 Å². The van der Waals surface area contributed by atoms with Gasteiger partial charge >= 0.3 is 5.97 Å². The molecular weight excluding hydrogens is 572 g/mol. The lowest BCUT2D eigenvalue weighted by Crippen LogP contribution is -2.45. The van der Waals surface area contributed by atoms with E-state index in [1.54, 1.807) is 37.6 Å². The minimum atomic E-state index is -1.82. The minimum Gasteiger partial charge on any atom is -0.497 e. The van der Waals surface area contributed by atoms with Crippen LogP contribution in [0.3, 0.4) is 0 Å². The summed E-state index contributed by atoms with van der Waals surface area (Å²) in [5, 5.41) is 9.78. The summed E-state index contributed by atoms with van der Waals surface area (Å²) in [6, 6.07) is 17.0. The van der Waals surface area contributed by atoms with E-state index in [1.807, 2.05) is 35.0 Å². The number of pyridine rings is 1. The van der Waals surface area contributed by atoms with Crippen LogP contribution in [0.25, 0.3) is 11.0 Å². The van der Waals surface area contributed by atoms with Crippen molar-refractivity contribution in [3.8, 4) is 17.2 Å². The zero-order chi connectivity index (χ0) is 31.5. The number of esters is 1. The predicted molar refractivity (Wildman–Crippen MR) is 175 cm³/mol. The summed E-state index contributed by atoms with van der Waals surface area (Å²) in [6.45, 7) is 12.1. The molecule has 2 heterocycles. The molecule has 0 amide bonds. The Labute approximate surface area is 261 Å². The molecule has 0 atom stereocenters. The number of hydrogen-bond acceptors (Lipinski definition) is 8. The number of nitrogens with zero attached hydrogens (tertiary/aromatic N) is 3. The molecule has 0 aliphatic heterocycles. The van der Waals surface area contributed by atoms with Gasteiger partial charge in [-0.15, -0.1) is 0 Å². The van der Waals surface area contributed by atoms with Gasteiger partial charge in [-0.05, 0) is 85.8 Å². The molecule has 234 valence electrons. The standard InChI is InChI=1S/C34H44N4O5Si/c1-34(2,3)44(6,7)43-28-18-12-25(13-19-28)36-31-30-29(42-27-16-10-24(11-17-27)33(39)41-5)20-21-35-32(30)38(37-31)22-23-8-14-26(40-4)15-9-23/h8-11,14-17,20-21,25,28H,12-13,18-19,22H2,1-7H3,(H,36,37)/t25-,28-. The van der Waals surface area contributed by atoms with E-state index in [-0.39, 0.29) is 11.1 Å². The summed E-state index contributed by atoms with van der Waals surface area (Å²) in [4.78, 5) is 16.6. The van der Waals surface area contributed by atoms with Gasteiger partial charge in [-0.1, -0.05) is 32.9 Å². The van der Waals surface area contributed by atoms with Crippen LogP contribution in [-0.2, 0) is 15.7 Å². The van der Waals surface area contributed by atoms with Gasteiger partial charge in [-0.25, -0.2) is 14.5 Å². The SMILES string of the molecule is COC(=O)c1ccc(Oc2ccnc3c2c(N[C@H]2CC[C@H](O[Si](C)(C)C(C)(C)C)CC2)nn3Cc2ccc(OC)cc2)cc1. The van der Waals surface area contributed by atoms with E-state index in [1.165, 1.54) is 7.11 Å². The maximum absolute atomic E-state index is 11.9. The van der Waals surface area contributed by atoms with Gasteiger partial charge in [-0.3, -0.25) is 0 Å². The molecule has 1 N–H and O–H groups in total. The Hall–Kier alpha value is -3.89. The van der Waals surface area contributed by atoms with Gasteiger partial charge in [0.2, 0.25) is 0 Å². The van der Waals surface area contributed by atoms with Crippen molar-refractivity contribution in [3.63, 3.8) is 0 Å². The molecule has 0 saturated heterocycles. The number of carbonyl (C=O) groups excluding carboxylic acids is 1. The van der Waals surface area contributed by atoms with Crippen molar-refractivity contribution in [3.05, 3.63) is 71.9 Å². The third-order valence-electron chi connectivity index (χ3n) is 8.87. The first kappa shape index (κ1) is 31.5. The molecule has 0 unspecified atom stereocenters. The third-order valence-corrected chi connectivity index (χ3v) is 13.4. The Kier molecular flexibility index (Phi) is 9.31. The van der Waals surface area contributed by atoms with Crippen molar-refractivity contribution in [1.29, 1.82) is 0 Å². The molecule has 10 heteroatoms. The van der Waals surface area contributed by atoms with Crippen LogP contribution < -0.4 is 14.8 Å². The Balaban J connectivity index is 1.41. The number of ether oxygens (including phenoxy) is 3. The van der Waals surface area contributed by atoms with Crippen LogP contribution in [0.1, 0.15) is 62.4 Å². The Morgan fingerprint density at radius 3 is 2.23 bits per heavy atom. The van der Waals surface area contributed by atoms with Crippen molar-refractivity contribution in [2.24, 2.45) is 0 Å². The monoisotopic (exact) mass is 616 g/mol. The van der Waals surface area contributed by atoms with Crippen molar-refractivity contribution in [1.82, 2.24) is 14.8 Å². The smallest absolute Gasteiger partial charge is 0.337 e. The molecule has 1 aliphatic carbocycles. The number of rotatable bonds is 10. The fourth-order valence-electron chi connectivity index (χ4n) is 5.29. The second-order valence-corrected chi connectivity index (χ2v) is 17.7. The summed E-state index contributed by atoms with van der Waals surface area (Å²) < 4.78 is 25.2. The minimum absolute atomic E-state index is 0.195. The average Bonchev–Trinajstić information content (AvgIpc) is 3.35. The zero-order valence-electron chi connectivity index (χ0n) is 26.8. The summed E-state index contributed by atoms with van der Waals surface area (Å²) in [6.07, 6.45) is 6.06. The quantitative estimate of drug-likeness (QED) is 0.142. The van der Waals surface area contributed by atoms with E-state index in [4.69, 9.17) is 28.7 Å². The number of fused-ring (bicyclic) bond motifs is 1. The Morgan fingerprint density at radius 1 is 0.955 bits per heavy atom. The molecule has 4 aromatic rings. The summed E-state index contributed by atoms with van der Waals surface area (Å²) in [5.74, 6) is 2.40. The molecule has 9 nitrogen and oxygen atoms in total. The molecule has 1 aliphatic rings. The van der Waals surface area contributed by atoms with E-state index in [2.05, 4.69) is 39.2 Å². The van der Waals surface area contributed by atoms with Crippen LogP contribution in [0.4, 0.5) is 5.82 Å². The van der Waals surface area contributed by atoms with Crippen molar-refractivity contribution < 1.29 is 23.4 Å². The lowest BCUT2D eigenvalue weighted by Gasteiger charge is -2.41. The maximum Gasteiger partial charge on any atom is 0.337 e. The van der Waals surface area contributed by atoms with E-state index >= 15 is 0 Å². The number of hydrogen-bond donors (Lipinski definition) is 1. The molecule has 5 rings (SSSR count). The van der Waals surface area contributed by atoms with Crippen molar-refractivity contribution in [2.45, 2.75) is 83.3 Å². The maximum atomic E-state index is 11.9. The largest absolute Gasteiger partial charge is 0.497 e. The highest BCUT2D eigenvalue weighted by molar-refractivity contribution is 6.74. The van der Waals surface area contributed by atoms with Crippen LogP contribution in [0, 0.1) is 0 Å². The number of aromatic nitrogens is 3. The van der Waals surface area contributed by atoms with Gasteiger partial charge in [0.25, 0.3) is 0 Å². The molecule has 0 radical (unpaired) electrons. The number of nitrogens with one attached hydrogen (secondary N) is 1. The molecule has 1 fully saturated rings. The van der Waals surface area contributed by atoms with Crippen LogP contribution in [0.15, 0.2) is 60.8 Å². The van der Waals surface area contributed by atoms with E-state index in [9.17, 15) is 4.79 Å². The molecule has 0 spiro atoms. The molecule has 0 bridgehead atoms. The molecule has 2 aromatic carbocycles.